The molecule has 182 valence electrons. The summed E-state index contributed by atoms with van der Waals surface area (Å²) in [7, 11) is 3.02. The molecule has 0 aliphatic rings. The lowest BCUT2D eigenvalue weighted by molar-refractivity contribution is -0.137. The van der Waals surface area contributed by atoms with E-state index in [9.17, 15) is 22.8 Å². The number of anilines is 2. The Morgan fingerprint density at radius 1 is 1.11 bits per heavy atom. The van der Waals surface area contributed by atoms with Crippen molar-refractivity contribution in [3.63, 3.8) is 0 Å². The van der Waals surface area contributed by atoms with E-state index in [1.807, 2.05) is 0 Å². The SMILES string of the molecule is COC(C)c1c(NC(=O)Nc2cnc(-n3nccn3)c(C(F)(F)F)c2)cnc2ccc(=O)n(C)c12. The Bertz CT molecular complexity index is 1450. The number of carbonyl (C=O) groups excluding carboxylic acids is 1. The van der Waals surface area contributed by atoms with E-state index in [1.165, 1.54) is 36.3 Å². The molecule has 4 heterocycles. The number of alkyl halides is 3. The number of nitrogens with zero attached hydrogens (tertiary/aromatic N) is 6. The highest BCUT2D eigenvalue weighted by molar-refractivity contribution is 6.01. The number of aryl methyl sites for hydroxylation is 1. The van der Waals surface area contributed by atoms with Gasteiger partial charge in [0.25, 0.3) is 5.56 Å². The topological polar surface area (TPSA) is 129 Å². The second kappa shape index (κ2) is 9.13. The van der Waals surface area contributed by atoms with E-state index < -0.39 is 29.7 Å². The van der Waals surface area contributed by atoms with Gasteiger partial charge in [-0.2, -0.15) is 23.4 Å². The zero-order valence-electron chi connectivity index (χ0n) is 18.7. The number of fused-ring (bicyclic) bond motifs is 1. The smallest absolute Gasteiger partial charge is 0.377 e. The van der Waals surface area contributed by atoms with Gasteiger partial charge in [0.2, 0.25) is 0 Å². The molecule has 0 aliphatic heterocycles. The van der Waals surface area contributed by atoms with Gasteiger partial charge < -0.3 is 19.9 Å². The molecule has 0 radical (unpaired) electrons. The van der Waals surface area contributed by atoms with Gasteiger partial charge in [-0.15, -0.1) is 4.80 Å². The number of urea groups is 1. The van der Waals surface area contributed by atoms with E-state index in [-0.39, 0.29) is 16.9 Å². The highest BCUT2D eigenvalue weighted by Crippen LogP contribution is 2.34. The van der Waals surface area contributed by atoms with Crippen LogP contribution in [-0.4, -0.2) is 42.7 Å². The van der Waals surface area contributed by atoms with Gasteiger partial charge in [-0.05, 0) is 19.1 Å². The number of carbonyl (C=O) groups is 1. The maximum atomic E-state index is 13.6. The highest BCUT2D eigenvalue weighted by Gasteiger charge is 2.36. The molecule has 2 N–H and O–H groups in total. The molecule has 0 bridgehead atoms. The molecule has 4 aromatic rings. The van der Waals surface area contributed by atoms with Crippen LogP contribution in [0.4, 0.5) is 29.3 Å². The number of hydrogen-bond acceptors (Lipinski definition) is 7. The number of amides is 2. The van der Waals surface area contributed by atoms with E-state index in [2.05, 4.69) is 30.8 Å². The number of ether oxygens (including phenoxy) is 1. The number of aromatic nitrogens is 6. The van der Waals surface area contributed by atoms with Gasteiger partial charge >= 0.3 is 12.2 Å². The van der Waals surface area contributed by atoms with E-state index in [1.54, 1.807) is 20.0 Å². The molecule has 11 nitrogen and oxygen atoms in total. The molecular weight excluding hydrogens is 469 g/mol. The first kappa shape index (κ1) is 23.8. The number of pyridine rings is 3. The van der Waals surface area contributed by atoms with E-state index >= 15 is 0 Å². The van der Waals surface area contributed by atoms with Crippen LogP contribution in [0.1, 0.15) is 24.2 Å². The van der Waals surface area contributed by atoms with Crippen LogP contribution >= 0.6 is 0 Å². The van der Waals surface area contributed by atoms with Crippen molar-refractivity contribution in [1.82, 2.24) is 29.5 Å². The quantitative estimate of drug-likeness (QED) is 0.441. The van der Waals surface area contributed by atoms with Gasteiger partial charge in [0, 0.05) is 25.8 Å². The normalized spacial score (nSPS) is 12.5. The molecule has 0 spiro atoms. The van der Waals surface area contributed by atoms with Crippen LogP contribution < -0.4 is 16.2 Å². The second-order valence-corrected chi connectivity index (χ2v) is 7.42. The summed E-state index contributed by atoms with van der Waals surface area (Å²) in [5.74, 6) is -0.538. The van der Waals surface area contributed by atoms with Crippen molar-refractivity contribution in [2.45, 2.75) is 19.2 Å². The van der Waals surface area contributed by atoms with Crippen molar-refractivity contribution in [3.05, 3.63) is 64.5 Å². The molecule has 1 atom stereocenters. The van der Waals surface area contributed by atoms with Gasteiger partial charge in [0.15, 0.2) is 5.82 Å². The van der Waals surface area contributed by atoms with E-state index in [4.69, 9.17) is 4.74 Å². The summed E-state index contributed by atoms with van der Waals surface area (Å²) in [6.45, 7) is 1.72. The average molecular weight is 488 g/mol. The summed E-state index contributed by atoms with van der Waals surface area (Å²) in [6, 6.07) is 2.79. The number of rotatable bonds is 5. The van der Waals surface area contributed by atoms with Crippen LogP contribution in [0.2, 0.25) is 0 Å². The fourth-order valence-corrected chi connectivity index (χ4v) is 3.51. The van der Waals surface area contributed by atoms with Crippen LogP contribution in [0.25, 0.3) is 16.9 Å². The van der Waals surface area contributed by atoms with E-state index in [0.29, 0.717) is 16.6 Å². The van der Waals surface area contributed by atoms with Gasteiger partial charge in [0.05, 0.1) is 53.3 Å². The van der Waals surface area contributed by atoms with Crippen molar-refractivity contribution in [2.24, 2.45) is 7.05 Å². The molecule has 0 saturated carbocycles. The molecule has 0 aliphatic carbocycles. The number of methoxy groups -OCH3 is 1. The fourth-order valence-electron chi connectivity index (χ4n) is 3.51. The summed E-state index contributed by atoms with van der Waals surface area (Å²) in [4.78, 5) is 33.7. The molecule has 35 heavy (non-hydrogen) atoms. The van der Waals surface area contributed by atoms with Crippen molar-refractivity contribution in [3.8, 4) is 5.82 Å². The van der Waals surface area contributed by atoms with Gasteiger partial charge in [-0.3, -0.25) is 9.78 Å². The van der Waals surface area contributed by atoms with Gasteiger partial charge in [-0.1, -0.05) is 0 Å². The third kappa shape index (κ3) is 4.68. The van der Waals surface area contributed by atoms with E-state index in [0.717, 1.165) is 17.1 Å². The molecule has 0 saturated heterocycles. The molecule has 2 amide bonds. The second-order valence-electron chi connectivity index (χ2n) is 7.42. The summed E-state index contributed by atoms with van der Waals surface area (Å²) in [6.07, 6.45) is -0.472. The Balaban J connectivity index is 1.68. The predicted octanol–water partition coefficient (Wildman–Crippen LogP) is 3.28. The van der Waals surface area contributed by atoms with Crippen LogP contribution in [0.15, 0.2) is 47.8 Å². The highest BCUT2D eigenvalue weighted by atomic mass is 19.4. The number of nitrogens with one attached hydrogen (secondary N) is 2. The maximum Gasteiger partial charge on any atom is 0.420 e. The van der Waals surface area contributed by atoms with Crippen molar-refractivity contribution in [1.29, 1.82) is 0 Å². The molecule has 14 heteroatoms. The lowest BCUT2D eigenvalue weighted by Crippen LogP contribution is -2.23. The Morgan fingerprint density at radius 2 is 1.83 bits per heavy atom. The zero-order chi connectivity index (χ0) is 25.3. The molecule has 1 unspecified atom stereocenters. The summed E-state index contributed by atoms with van der Waals surface area (Å²) < 4.78 is 47.6. The van der Waals surface area contributed by atoms with Crippen molar-refractivity contribution in [2.75, 3.05) is 17.7 Å². The maximum absolute atomic E-state index is 13.6. The zero-order valence-corrected chi connectivity index (χ0v) is 18.7. The lowest BCUT2D eigenvalue weighted by atomic mass is 10.1. The molecule has 4 aromatic heterocycles. The Kier molecular flexibility index (Phi) is 6.22. The first-order chi connectivity index (χ1) is 16.6. The minimum Gasteiger partial charge on any atom is -0.377 e. The molecular formula is C21H19F3N8O3. The third-order valence-corrected chi connectivity index (χ3v) is 5.22. The lowest BCUT2D eigenvalue weighted by Gasteiger charge is -2.20. The molecule has 0 aromatic carbocycles. The van der Waals surface area contributed by atoms with Crippen LogP contribution in [0.3, 0.4) is 0 Å². The largest absolute Gasteiger partial charge is 0.420 e. The summed E-state index contributed by atoms with van der Waals surface area (Å²) in [5.41, 5.74) is -0.00622. The van der Waals surface area contributed by atoms with Crippen LogP contribution in [0.5, 0.6) is 0 Å². The first-order valence-corrected chi connectivity index (χ1v) is 10.1. The van der Waals surface area contributed by atoms with Crippen LogP contribution in [-0.2, 0) is 18.0 Å². The summed E-state index contributed by atoms with van der Waals surface area (Å²) in [5, 5.41) is 12.3. The standard InChI is InChI=1S/C21H19F3N8O3/c1-11(35-3)17-15(10-25-14-4-5-16(33)31(2)18(14)17)30-20(34)29-12-8-13(21(22,23)24)19(26-9-12)32-27-6-7-28-32/h4-11H,1-3H3,(H2,29,30,34). The fraction of sp³-hybridized carbons (Fsp3) is 0.238. The minimum absolute atomic E-state index is 0.215. The third-order valence-electron chi connectivity index (χ3n) is 5.22. The van der Waals surface area contributed by atoms with Crippen LogP contribution in [0, 0.1) is 0 Å². The monoisotopic (exact) mass is 488 g/mol. The van der Waals surface area contributed by atoms with Crippen molar-refractivity contribution >= 4 is 28.4 Å². The Morgan fingerprint density at radius 3 is 2.49 bits per heavy atom. The predicted molar refractivity (Wildman–Crippen MR) is 119 cm³/mol. The Labute approximate surface area is 195 Å². The number of hydrogen-bond donors (Lipinski definition) is 2. The Hall–Kier alpha value is -4.33. The first-order valence-electron chi connectivity index (χ1n) is 10.1. The summed E-state index contributed by atoms with van der Waals surface area (Å²) >= 11 is 0. The average Bonchev–Trinajstić information content (AvgIpc) is 3.35. The molecule has 0 fully saturated rings. The number of halogens is 3. The molecule has 4 rings (SSSR count). The van der Waals surface area contributed by atoms with Gasteiger partial charge in [-0.25, -0.2) is 9.78 Å². The van der Waals surface area contributed by atoms with Crippen molar-refractivity contribution < 1.29 is 22.7 Å². The minimum atomic E-state index is -4.78. The van der Waals surface area contributed by atoms with Gasteiger partial charge in [0.1, 0.15) is 5.56 Å².